The molecule has 2 heterocycles. The van der Waals surface area contributed by atoms with Crippen LogP contribution < -0.4 is 9.46 Å². The van der Waals surface area contributed by atoms with Crippen LogP contribution in [0.4, 0.5) is 0 Å². The average Bonchev–Trinajstić information content (AvgIpc) is 2.48. The van der Waals surface area contributed by atoms with E-state index in [9.17, 15) is 4.21 Å². The van der Waals surface area contributed by atoms with E-state index < -0.39 is 16.6 Å². The van der Waals surface area contributed by atoms with Crippen molar-refractivity contribution in [3.8, 4) is 5.75 Å². The first-order valence-corrected chi connectivity index (χ1v) is 9.71. The van der Waals surface area contributed by atoms with Crippen LogP contribution in [0.15, 0.2) is 28.7 Å². The van der Waals surface area contributed by atoms with Gasteiger partial charge in [0.05, 0.1) is 17.1 Å². The molecule has 4 nitrogen and oxygen atoms in total. The van der Waals surface area contributed by atoms with Crippen LogP contribution in [0.25, 0.3) is 5.70 Å². The summed E-state index contributed by atoms with van der Waals surface area (Å²) in [5, 5.41) is 0. The van der Waals surface area contributed by atoms with Gasteiger partial charge in [-0.1, -0.05) is 15.9 Å². The molecular formula is C17H22BrNO3S. The fourth-order valence-electron chi connectivity index (χ4n) is 2.71. The van der Waals surface area contributed by atoms with Gasteiger partial charge in [-0.2, -0.15) is 0 Å². The number of rotatable bonds is 2. The summed E-state index contributed by atoms with van der Waals surface area (Å²) < 4.78 is 28.3. The van der Waals surface area contributed by atoms with Gasteiger partial charge in [0, 0.05) is 16.6 Å². The summed E-state index contributed by atoms with van der Waals surface area (Å²) in [5.41, 5.74) is 1.31. The third-order valence-electron chi connectivity index (χ3n) is 3.95. The summed E-state index contributed by atoms with van der Waals surface area (Å²) in [7, 11) is -1.20. The van der Waals surface area contributed by atoms with Crippen molar-refractivity contribution < 1.29 is 13.7 Å². The second kappa shape index (κ2) is 6.22. The van der Waals surface area contributed by atoms with E-state index in [-0.39, 0.29) is 4.75 Å². The van der Waals surface area contributed by atoms with Crippen LogP contribution >= 0.6 is 15.9 Å². The molecule has 1 N–H and O–H groups in total. The highest BCUT2D eigenvalue weighted by molar-refractivity contribution is 9.10. The summed E-state index contributed by atoms with van der Waals surface area (Å²) in [6, 6.07) is 5.90. The zero-order valence-electron chi connectivity index (χ0n) is 13.6. The first-order chi connectivity index (χ1) is 10.8. The van der Waals surface area contributed by atoms with Crippen LogP contribution in [0.2, 0.25) is 0 Å². The maximum Gasteiger partial charge on any atom is 0.153 e. The molecule has 0 aromatic heterocycles. The topological polar surface area (TPSA) is 47.6 Å². The van der Waals surface area contributed by atoms with Crippen LogP contribution in [0.3, 0.4) is 0 Å². The van der Waals surface area contributed by atoms with Gasteiger partial charge in [0.2, 0.25) is 0 Å². The molecule has 6 heteroatoms. The number of ether oxygens (including phenoxy) is 2. The van der Waals surface area contributed by atoms with Crippen LogP contribution in [-0.4, -0.2) is 27.8 Å². The second-order valence-electron chi connectivity index (χ2n) is 7.00. The van der Waals surface area contributed by atoms with Gasteiger partial charge < -0.3 is 14.2 Å². The zero-order chi connectivity index (χ0) is 16.7. The molecular weight excluding hydrogens is 378 g/mol. The SMILES string of the molecule is CC(C)(C)[S@@](=O)NC1=CC2(CCCOC2)Oc2ccc(Br)cc21. The van der Waals surface area contributed by atoms with E-state index in [1.807, 2.05) is 45.0 Å². The standard InChI is InChI=1S/C17H22BrNO3S/c1-16(2,3)23(20)19-14-10-17(7-4-8-21-11-17)22-15-6-5-12(18)9-13(14)15/h5-6,9-10,19H,4,7-8,11H2,1-3H3/t17?,23-/m1/s1. The molecule has 0 bridgehead atoms. The Kier molecular flexibility index (Phi) is 4.60. The predicted octanol–water partition coefficient (Wildman–Crippen LogP) is 3.78. The third-order valence-corrected chi connectivity index (χ3v) is 5.96. The Morgan fingerprint density at radius 1 is 1.35 bits per heavy atom. The van der Waals surface area contributed by atoms with E-state index in [1.54, 1.807) is 0 Å². The van der Waals surface area contributed by atoms with Gasteiger partial charge in [-0.15, -0.1) is 0 Å². The van der Waals surface area contributed by atoms with Crippen molar-refractivity contribution in [2.24, 2.45) is 0 Å². The largest absolute Gasteiger partial charge is 0.480 e. The minimum atomic E-state index is -1.20. The summed E-state index contributed by atoms with van der Waals surface area (Å²) in [5.74, 6) is 0.801. The third kappa shape index (κ3) is 3.64. The molecule has 2 aliphatic heterocycles. The molecule has 0 amide bonds. The van der Waals surface area contributed by atoms with Gasteiger partial charge in [0.25, 0.3) is 0 Å². The molecule has 1 aromatic carbocycles. The molecule has 0 radical (unpaired) electrons. The molecule has 0 aliphatic carbocycles. The van der Waals surface area contributed by atoms with Crippen molar-refractivity contribution >= 4 is 32.6 Å². The predicted molar refractivity (Wildman–Crippen MR) is 96.6 cm³/mol. The molecule has 1 fully saturated rings. The molecule has 3 rings (SSSR count). The molecule has 1 spiro atoms. The lowest BCUT2D eigenvalue weighted by Gasteiger charge is -2.39. The smallest absolute Gasteiger partial charge is 0.153 e. The number of benzene rings is 1. The molecule has 2 atom stereocenters. The maximum atomic E-state index is 12.6. The Labute approximate surface area is 148 Å². The van der Waals surface area contributed by atoms with Crippen molar-refractivity contribution in [3.05, 3.63) is 34.3 Å². The number of hydrogen-bond donors (Lipinski definition) is 1. The summed E-state index contributed by atoms with van der Waals surface area (Å²) in [4.78, 5) is 0. The summed E-state index contributed by atoms with van der Waals surface area (Å²) in [6.07, 6.45) is 3.90. The second-order valence-corrected chi connectivity index (χ2v) is 9.89. The summed E-state index contributed by atoms with van der Waals surface area (Å²) >= 11 is 3.50. The van der Waals surface area contributed by atoms with E-state index in [4.69, 9.17) is 9.47 Å². The van der Waals surface area contributed by atoms with Crippen molar-refractivity contribution in [2.45, 2.75) is 44.0 Å². The normalized spacial score (nSPS) is 25.3. The van der Waals surface area contributed by atoms with Crippen LogP contribution in [0, 0.1) is 0 Å². The molecule has 126 valence electrons. The van der Waals surface area contributed by atoms with Crippen molar-refractivity contribution in [3.63, 3.8) is 0 Å². The van der Waals surface area contributed by atoms with E-state index in [0.717, 1.165) is 40.9 Å². The Balaban J connectivity index is 2.00. The number of halogens is 1. The lowest BCUT2D eigenvalue weighted by molar-refractivity contribution is -0.0399. The Morgan fingerprint density at radius 3 is 2.78 bits per heavy atom. The van der Waals surface area contributed by atoms with Gasteiger partial charge in [-0.25, -0.2) is 4.21 Å². The van der Waals surface area contributed by atoms with E-state index in [0.29, 0.717) is 6.61 Å². The number of fused-ring (bicyclic) bond motifs is 1. The lowest BCUT2D eigenvalue weighted by Crippen LogP contribution is -2.45. The van der Waals surface area contributed by atoms with Gasteiger partial charge in [0.15, 0.2) is 5.60 Å². The summed E-state index contributed by atoms with van der Waals surface area (Å²) in [6.45, 7) is 7.16. The van der Waals surface area contributed by atoms with Gasteiger partial charge in [-0.05, 0) is 57.9 Å². The van der Waals surface area contributed by atoms with Crippen LogP contribution in [0.1, 0.15) is 39.2 Å². The zero-order valence-corrected chi connectivity index (χ0v) is 16.1. The highest BCUT2D eigenvalue weighted by Gasteiger charge is 2.38. The molecule has 1 unspecified atom stereocenters. The Bertz CT molecular complexity index is 660. The molecule has 1 saturated heterocycles. The average molecular weight is 400 g/mol. The van der Waals surface area contributed by atoms with Crippen LogP contribution in [0.5, 0.6) is 5.75 Å². The lowest BCUT2D eigenvalue weighted by atomic mass is 9.91. The monoisotopic (exact) mass is 399 g/mol. The first kappa shape index (κ1) is 17.0. The van der Waals surface area contributed by atoms with Crippen molar-refractivity contribution in [2.75, 3.05) is 13.2 Å². The van der Waals surface area contributed by atoms with Crippen LogP contribution in [-0.2, 0) is 15.7 Å². The molecule has 0 saturated carbocycles. The Morgan fingerprint density at radius 2 is 2.13 bits per heavy atom. The molecule has 1 aromatic rings. The fraction of sp³-hybridized carbons (Fsp3) is 0.529. The minimum absolute atomic E-state index is 0.346. The molecule has 23 heavy (non-hydrogen) atoms. The van der Waals surface area contributed by atoms with Crippen molar-refractivity contribution in [1.29, 1.82) is 0 Å². The fourth-order valence-corrected chi connectivity index (χ4v) is 3.75. The maximum absolute atomic E-state index is 12.6. The van der Waals surface area contributed by atoms with Gasteiger partial charge in [-0.3, -0.25) is 0 Å². The van der Waals surface area contributed by atoms with E-state index >= 15 is 0 Å². The van der Waals surface area contributed by atoms with Gasteiger partial charge in [0.1, 0.15) is 16.7 Å². The van der Waals surface area contributed by atoms with E-state index in [1.165, 1.54) is 0 Å². The first-order valence-electron chi connectivity index (χ1n) is 7.77. The quantitative estimate of drug-likeness (QED) is 0.822. The highest BCUT2D eigenvalue weighted by atomic mass is 79.9. The Hall–Kier alpha value is -0.850. The highest BCUT2D eigenvalue weighted by Crippen LogP contribution is 2.40. The van der Waals surface area contributed by atoms with Crippen molar-refractivity contribution in [1.82, 2.24) is 4.72 Å². The minimum Gasteiger partial charge on any atom is -0.480 e. The molecule has 2 aliphatic rings. The number of hydrogen-bond acceptors (Lipinski definition) is 3. The van der Waals surface area contributed by atoms with E-state index in [2.05, 4.69) is 20.7 Å². The number of nitrogens with one attached hydrogen (secondary N) is 1. The van der Waals surface area contributed by atoms with Gasteiger partial charge >= 0.3 is 0 Å².